The molecule has 1 aliphatic carbocycles. The highest BCUT2D eigenvalue weighted by atomic mass is 16.5. The van der Waals surface area contributed by atoms with Crippen LogP contribution in [0.15, 0.2) is 0 Å². The van der Waals surface area contributed by atoms with Crippen LogP contribution in [-0.2, 0) is 9.53 Å². The van der Waals surface area contributed by atoms with Crippen molar-refractivity contribution in [3.8, 4) is 0 Å². The second-order valence-electron chi connectivity index (χ2n) is 6.36. The van der Waals surface area contributed by atoms with Crippen LogP contribution in [0.1, 0.15) is 57.8 Å². The minimum Gasteiger partial charge on any atom is -0.460 e. The van der Waals surface area contributed by atoms with Crippen molar-refractivity contribution in [3.63, 3.8) is 0 Å². The number of hydrogen-bond donors (Lipinski definition) is 0. The maximum Gasteiger partial charge on any atom is 0.309 e. The first-order valence-electron chi connectivity index (χ1n) is 7.68. The summed E-state index contributed by atoms with van der Waals surface area (Å²) in [5, 5.41) is 0. The summed E-state index contributed by atoms with van der Waals surface area (Å²) < 4.78 is 5.85. The van der Waals surface area contributed by atoms with Gasteiger partial charge < -0.3 is 4.74 Å². The number of nitrogens with zero attached hydrogens (tertiary/aromatic N) is 1. The second-order valence-corrected chi connectivity index (χ2v) is 6.36. The Hall–Kier alpha value is -0.570. The first kappa shape index (κ1) is 12.5. The lowest BCUT2D eigenvalue weighted by atomic mass is 9.89. The SMILES string of the molecule is CN1[C@H]2CCC[C@@H]1[C@@H](OC(=O)C1CCCCC1)C2. The minimum atomic E-state index is 0.0978. The number of carbonyl (C=O) groups is 1. The Morgan fingerprint density at radius 1 is 1.06 bits per heavy atom. The number of fused-ring (bicyclic) bond motifs is 2. The average molecular weight is 251 g/mol. The van der Waals surface area contributed by atoms with Crippen molar-refractivity contribution in [2.24, 2.45) is 5.92 Å². The molecule has 1 saturated carbocycles. The van der Waals surface area contributed by atoms with E-state index in [1.165, 1.54) is 38.5 Å². The van der Waals surface area contributed by atoms with Gasteiger partial charge in [-0.05, 0) is 32.7 Å². The van der Waals surface area contributed by atoms with Crippen molar-refractivity contribution in [1.82, 2.24) is 4.90 Å². The molecule has 18 heavy (non-hydrogen) atoms. The molecule has 3 aliphatic rings. The van der Waals surface area contributed by atoms with E-state index in [9.17, 15) is 4.79 Å². The van der Waals surface area contributed by atoms with Crippen LogP contribution in [-0.4, -0.2) is 36.1 Å². The number of piperidine rings is 1. The summed E-state index contributed by atoms with van der Waals surface area (Å²) in [6.07, 6.45) is 10.8. The van der Waals surface area contributed by atoms with Gasteiger partial charge in [0.05, 0.1) is 5.92 Å². The molecule has 2 heterocycles. The summed E-state index contributed by atoms with van der Waals surface area (Å²) in [6, 6.07) is 1.16. The molecule has 0 N–H and O–H groups in total. The zero-order valence-corrected chi connectivity index (χ0v) is 11.4. The molecule has 3 heteroatoms. The van der Waals surface area contributed by atoms with Crippen LogP contribution in [0.5, 0.6) is 0 Å². The Morgan fingerprint density at radius 3 is 2.56 bits per heavy atom. The molecule has 3 nitrogen and oxygen atoms in total. The van der Waals surface area contributed by atoms with Gasteiger partial charge >= 0.3 is 5.97 Å². The highest BCUT2D eigenvalue weighted by molar-refractivity contribution is 5.72. The Morgan fingerprint density at radius 2 is 1.83 bits per heavy atom. The molecule has 0 spiro atoms. The van der Waals surface area contributed by atoms with Crippen LogP contribution >= 0.6 is 0 Å². The number of likely N-dealkylation sites (N-methyl/N-ethyl adjacent to an activating group) is 1. The van der Waals surface area contributed by atoms with E-state index in [2.05, 4.69) is 11.9 Å². The number of hydrogen-bond acceptors (Lipinski definition) is 3. The summed E-state index contributed by atoms with van der Waals surface area (Å²) >= 11 is 0. The van der Waals surface area contributed by atoms with Crippen molar-refractivity contribution in [2.75, 3.05) is 7.05 Å². The molecular formula is C15H25NO2. The van der Waals surface area contributed by atoms with Gasteiger partial charge in [-0.15, -0.1) is 0 Å². The zero-order chi connectivity index (χ0) is 12.5. The van der Waals surface area contributed by atoms with Gasteiger partial charge in [-0.2, -0.15) is 0 Å². The highest BCUT2D eigenvalue weighted by Gasteiger charge is 2.43. The normalized spacial score (nSPS) is 37.7. The predicted octanol–water partition coefficient (Wildman–Crippen LogP) is 2.74. The second kappa shape index (κ2) is 5.20. The standard InChI is InChI=1S/C15H25NO2/c1-16-12-8-5-9-13(16)14(10-12)18-15(17)11-6-3-2-4-7-11/h11-14H,2-10H2,1H3/t12-,13+,14-/m0/s1. The molecule has 0 aromatic heterocycles. The Balaban J connectivity index is 1.57. The molecule has 2 aliphatic heterocycles. The van der Waals surface area contributed by atoms with Gasteiger partial charge in [-0.3, -0.25) is 9.69 Å². The Bertz CT molecular complexity index is 312. The predicted molar refractivity (Wildman–Crippen MR) is 70.3 cm³/mol. The fourth-order valence-electron chi connectivity index (χ4n) is 4.11. The van der Waals surface area contributed by atoms with E-state index >= 15 is 0 Å². The third kappa shape index (κ3) is 2.29. The highest BCUT2D eigenvalue weighted by Crippen LogP contribution is 2.37. The largest absolute Gasteiger partial charge is 0.460 e. The maximum absolute atomic E-state index is 12.2. The van der Waals surface area contributed by atoms with Gasteiger partial charge in [-0.25, -0.2) is 0 Å². The fraction of sp³-hybridized carbons (Fsp3) is 0.933. The van der Waals surface area contributed by atoms with Gasteiger partial charge in [0.1, 0.15) is 6.10 Å². The molecule has 2 bridgehead atoms. The van der Waals surface area contributed by atoms with E-state index in [1.807, 2.05) is 0 Å². The lowest BCUT2D eigenvalue weighted by molar-refractivity contribution is -0.156. The van der Waals surface area contributed by atoms with Crippen molar-refractivity contribution >= 4 is 5.97 Å². The molecule has 0 unspecified atom stereocenters. The monoisotopic (exact) mass is 251 g/mol. The van der Waals surface area contributed by atoms with E-state index in [0.717, 1.165) is 19.3 Å². The van der Waals surface area contributed by atoms with Crippen LogP contribution in [0.3, 0.4) is 0 Å². The summed E-state index contributed by atoms with van der Waals surface area (Å²) in [5.41, 5.74) is 0. The molecule has 0 aromatic rings. The molecule has 3 fully saturated rings. The van der Waals surface area contributed by atoms with Crippen molar-refractivity contribution in [2.45, 2.75) is 76.0 Å². The van der Waals surface area contributed by atoms with Crippen LogP contribution < -0.4 is 0 Å². The summed E-state index contributed by atoms with van der Waals surface area (Å²) in [7, 11) is 2.20. The van der Waals surface area contributed by atoms with Crippen LogP contribution in [0, 0.1) is 5.92 Å². The zero-order valence-electron chi connectivity index (χ0n) is 11.4. The van der Waals surface area contributed by atoms with E-state index in [0.29, 0.717) is 12.1 Å². The van der Waals surface area contributed by atoms with Gasteiger partial charge in [0.25, 0.3) is 0 Å². The summed E-state index contributed by atoms with van der Waals surface area (Å²) in [5.74, 6) is 0.296. The molecule has 0 radical (unpaired) electrons. The van der Waals surface area contributed by atoms with Crippen molar-refractivity contribution in [3.05, 3.63) is 0 Å². The van der Waals surface area contributed by atoms with E-state index < -0.39 is 0 Å². The van der Waals surface area contributed by atoms with Crippen LogP contribution in [0.4, 0.5) is 0 Å². The first-order valence-corrected chi connectivity index (χ1v) is 7.68. The lowest BCUT2D eigenvalue weighted by Crippen LogP contribution is -2.40. The number of rotatable bonds is 2. The lowest BCUT2D eigenvalue weighted by Gasteiger charge is -2.32. The van der Waals surface area contributed by atoms with Gasteiger partial charge in [0.2, 0.25) is 0 Å². The molecule has 2 saturated heterocycles. The smallest absolute Gasteiger partial charge is 0.309 e. The molecule has 0 aromatic carbocycles. The molecule has 0 amide bonds. The molecular weight excluding hydrogens is 226 g/mol. The third-order valence-electron chi connectivity index (χ3n) is 5.28. The van der Waals surface area contributed by atoms with Gasteiger partial charge in [0.15, 0.2) is 0 Å². The van der Waals surface area contributed by atoms with Crippen LogP contribution in [0.2, 0.25) is 0 Å². The summed E-state index contributed by atoms with van der Waals surface area (Å²) in [6.45, 7) is 0. The van der Waals surface area contributed by atoms with Crippen molar-refractivity contribution < 1.29 is 9.53 Å². The average Bonchev–Trinajstić information content (AvgIpc) is 2.59. The molecule has 102 valence electrons. The number of carbonyl (C=O) groups excluding carboxylic acids is 1. The number of ether oxygens (including phenoxy) is 1. The number of esters is 1. The van der Waals surface area contributed by atoms with Gasteiger partial charge in [-0.1, -0.05) is 25.7 Å². The topological polar surface area (TPSA) is 29.5 Å². The maximum atomic E-state index is 12.2. The van der Waals surface area contributed by atoms with Crippen LogP contribution in [0.25, 0.3) is 0 Å². The van der Waals surface area contributed by atoms with E-state index in [4.69, 9.17) is 4.74 Å². The fourth-order valence-corrected chi connectivity index (χ4v) is 4.11. The Labute approximate surface area is 110 Å². The molecule has 3 atom stereocenters. The molecule has 3 rings (SSSR count). The Kier molecular flexibility index (Phi) is 3.60. The van der Waals surface area contributed by atoms with E-state index in [1.54, 1.807) is 0 Å². The third-order valence-corrected chi connectivity index (χ3v) is 5.28. The van der Waals surface area contributed by atoms with Gasteiger partial charge in [0, 0.05) is 18.5 Å². The van der Waals surface area contributed by atoms with E-state index in [-0.39, 0.29) is 18.0 Å². The quantitative estimate of drug-likeness (QED) is 0.707. The minimum absolute atomic E-state index is 0.0978. The van der Waals surface area contributed by atoms with Crippen molar-refractivity contribution in [1.29, 1.82) is 0 Å². The summed E-state index contributed by atoms with van der Waals surface area (Å²) in [4.78, 5) is 14.7. The first-order chi connectivity index (χ1) is 8.75.